The van der Waals surface area contributed by atoms with E-state index < -0.39 is 5.60 Å². The predicted molar refractivity (Wildman–Crippen MR) is 92.5 cm³/mol. The van der Waals surface area contributed by atoms with Crippen LogP contribution in [0, 0.1) is 23.7 Å². The molecule has 3 rings (SSSR count). The number of carbonyl (C=O) groups is 2. The molecule has 2 saturated carbocycles. The number of piperidine rings is 1. The summed E-state index contributed by atoms with van der Waals surface area (Å²) in [6.07, 6.45) is 6.69. The van der Waals surface area contributed by atoms with Gasteiger partial charge in [0.15, 0.2) is 0 Å². The topological polar surface area (TPSA) is 58.6 Å². The first-order valence-corrected chi connectivity index (χ1v) is 9.61. The van der Waals surface area contributed by atoms with Crippen molar-refractivity contribution in [2.45, 2.75) is 64.9 Å². The molecule has 0 aromatic heterocycles. The van der Waals surface area contributed by atoms with Gasteiger partial charge in [-0.1, -0.05) is 6.42 Å². The summed E-state index contributed by atoms with van der Waals surface area (Å²) >= 11 is 0. The van der Waals surface area contributed by atoms with Gasteiger partial charge in [-0.3, -0.25) is 4.79 Å². The highest BCUT2D eigenvalue weighted by molar-refractivity contribution is 5.82. The van der Waals surface area contributed by atoms with Gasteiger partial charge >= 0.3 is 6.09 Å². The van der Waals surface area contributed by atoms with Crippen LogP contribution in [0.4, 0.5) is 4.79 Å². The Balaban J connectivity index is 1.36. The van der Waals surface area contributed by atoms with Gasteiger partial charge in [0.1, 0.15) is 5.60 Å². The lowest BCUT2D eigenvalue weighted by Crippen LogP contribution is -2.43. The zero-order chi connectivity index (χ0) is 17.3. The van der Waals surface area contributed by atoms with Crippen molar-refractivity contribution in [3.05, 3.63) is 0 Å². The number of fused-ring (bicyclic) bond motifs is 1. The molecular weight excluding hydrogens is 304 g/mol. The molecule has 2 amide bonds. The smallest absolute Gasteiger partial charge is 0.410 e. The highest BCUT2D eigenvalue weighted by Gasteiger charge is 2.56. The fourth-order valence-corrected chi connectivity index (χ4v) is 4.52. The van der Waals surface area contributed by atoms with Crippen LogP contribution in [-0.4, -0.2) is 42.1 Å². The Morgan fingerprint density at radius 1 is 1.12 bits per heavy atom. The largest absolute Gasteiger partial charge is 0.444 e. The van der Waals surface area contributed by atoms with E-state index in [1.165, 1.54) is 19.3 Å². The maximum absolute atomic E-state index is 12.2. The summed E-state index contributed by atoms with van der Waals surface area (Å²) in [5.74, 6) is 2.41. The van der Waals surface area contributed by atoms with Crippen molar-refractivity contribution in [1.29, 1.82) is 0 Å². The monoisotopic (exact) mass is 336 g/mol. The van der Waals surface area contributed by atoms with Gasteiger partial charge in [-0.15, -0.1) is 0 Å². The van der Waals surface area contributed by atoms with E-state index >= 15 is 0 Å². The molecule has 3 unspecified atom stereocenters. The normalized spacial score (nSPS) is 32.2. The van der Waals surface area contributed by atoms with Crippen molar-refractivity contribution < 1.29 is 14.3 Å². The lowest BCUT2D eigenvalue weighted by atomic mass is 9.95. The van der Waals surface area contributed by atoms with Crippen LogP contribution in [0.2, 0.25) is 0 Å². The summed E-state index contributed by atoms with van der Waals surface area (Å²) < 4.78 is 5.47. The Bertz CT molecular complexity index is 475. The number of nitrogens with zero attached hydrogens (tertiary/aromatic N) is 1. The van der Waals surface area contributed by atoms with E-state index in [-0.39, 0.29) is 12.0 Å². The van der Waals surface area contributed by atoms with E-state index in [4.69, 9.17) is 4.74 Å². The molecule has 5 nitrogen and oxygen atoms in total. The average Bonchev–Trinajstić information content (AvgIpc) is 2.99. The van der Waals surface area contributed by atoms with Crippen molar-refractivity contribution >= 4 is 12.0 Å². The van der Waals surface area contributed by atoms with E-state index in [1.807, 2.05) is 25.7 Å². The van der Waals surface area contributed by atoms with Crippen LogP contribution in [0.3, 0.4) is 0 Å². The fourth-order valence-electron chi connectivity index (χ4n) is 4.52. The molecule has 1 N–H and O–H groups in total. The van der Waals surface area contributed by atoms with Crippen LogP contribution < -0.4 is 5.32 Å². The molecule has 3 fully saturated rings. The molecule has 24 heavy (non-hydrogen) atoms. The molecule has 1 aliphatic heterocycles. The summed E-state index contributed by atoms with van der Waals surface area (Å²) in [5.41, 5.74) is -0.444. The third-order valence-electron chi connectivity index (χ3n) is 5.73. The van der Waals surface area contributed by atoms with Gasteiger partial charge in [0.2, 0.25) is 5.91 Å². The number of ether oxygens (including phenoxy) is 1. The molecule has 0 aromatic carbocycles. The summed E-state index contributed by atoms with van der Waals surface area (Å²) in [5, 5.41) is 3.13. The maximum Gasteiger partial charge on any atom is 0.410 e. The number of likely N-dealkylation sites (tertiary alicyclic amines) is 1. The first-order valence-electron chi connectivity index (χ1n) is 9.61. The Hall–Kier alpha value is -1.26. The molecule has 136 valence electrons. The molecule has 3 atom stereocenters. The second kappa shape index (κ2) is 6.93. The minimum Gasteiger partial charge on any atom is -0.444 e. The van der Waals surface area contributed by atoms with E-state index in [0.717, 1.165) is 38.9 Å². The second-order valence-corrected chi connectivity index (χ2v) is 8.80. The minimum absolute atomic E-state index is 0.206. The molecule has 3 aliphatic rings. The third kappa shape index (κ3) is 4.22. The Morgan fingerprint density at radius 3 is 2.50 bits per heavy atom. The van der Waals surface area contributed by atoms with Crippen molar-refractivity contribution in [2.24, 2.45) is 23.7 Å². The number of hydrogen-bond acceptors (Lipinski definition) is 3. The Morgan fingerprint density at radius 2 is 1.83 bits per heavy atom. The third-order valence-corrected chi connectivity index (χ3v) is 5.73. The van der Waals surface area contributed by atoms with Crippen LogP contribution >= 0.6 is 0 Å². The van der Waals surface area contributed by atoms with Gasteiger partial charge in [-0.05, 0) is 70.6 Å². The Kier molecular flexibility index (Phi) is 5.07. The lowest BCUT2D eigenvalue weighted by Gasteiger charge is -2.34. The number of rotatable bonds is 4. The molecule has 1 saturated heterocycles. The van der Waals surface area contributed by atoms with Crippen molar-refractivity contribution in [3.63, 3.8) is 0 Å². The predicted octanol–water partition coefficient (Wildman–Crippen LogP) is 3.19. The van der Waals surface area contributed by atoms with Crippen LogP contribution in [0.1, 0.15) is 59.3 Å². The molecule has 5 heteroatoms. The molecule has 0 aromatic rings. The van der Waals surface area contributed by atoms with Crippen LogP contribution in [0.15, 0.2) is 0 Å². The van der Waals surface area contributed by atoms with E-state index in [2.05, 4.69) is 5.32 Å². The van der Waals surface area contributed by atoms with Gasteiger partial charge in [0, 0.05) is 25.6 Å². The highest BCUT2D eigenvalue weighted by atomic mass is 16.6. The zero-order valence-corrected chi connectivity index (χ0v) is 15.3. The van der Waals surface area contributed by atoms with Crippen LogP contribution in [0.5, 0.6) is 0 Å². The number of nitrogens with one attached hydrogen (secondary N) is 1. The molecule has 2 aliphatic carbocycles. The first kappa shape index (κ1) is 17.6. The molecule has 0 radical (unpaired) electrons. The highest BCUT2D eigenvalue weighted by Crippen LogP contribution is 2.57. The molecule has 1 heterocycles. The van der Waals surface area contributed by atoms with Gasteiger partial charge in [0.25, 0.3) is 0 Å². The summed E-state index contributed by atoms with van der Waals surface area (Å²) in [6, 6.07) is 0. The van der Waals surface area contributed by atoms with E-state index in [1.54, 1.807) is 0 Å². The van der Waals surface area contributed by atoms with Crippen LogP contribution in [-0.2, 0) is 9.53 Å². The lowest BCUT2D eigenvalue weighted by molar-refractivity contribution is -0.123. The number of amides is 2. The minimum atomic E-state index is -0.444. The quantitative estimate of drug-likeness (QED) is 0.858. The maximum atomic E-state index is 12.2. The summed E-state index contributed by atoms with van der Waals surface area (Å²) in [6.45, 7) is 7.96. The van der Waals surface area contributed by atoms with Crippen LogP contribution in [0.25, 0.3) is 0 Å². The van der Waals surface area contributed by atoms with Gasteiger partial charge in [-0.2, -0.15) is 0 Å². The zero-order valence-electron chi connectivity index (χ0n) is 15.3. The first-order chi connectivity index (χ1) is 11.3. The molecule has 0 bridgehead atoms. The summed E-state index contributed by atoms with van der Waals surface area (Å²) in [7, 11) is 0. The average molecular weight is 336 g/mol. The Labute approximate surface area is 145 Å². The van der Waals surface area contributed by atoms with Gasteiger partial charge in [0.05, 0.1) is 0 Å². The van der Waals surface area contributed by atoms with Crippen molar-refractivity contribution in [1.82, 2.24) is 10.2 Å². The molecular formula is C19H32N2O3. The standard InChI is InChI=1S/C19H32N2O3/c1-19(2,3)24-18(23)21-11-5-6-13(12-21)9-10-20-17(22)16-14-7-4-8-15(14)16/h13-16H,4-12H2,1-3H3,(H,20,22). The number of hydrogen-bond donors (Lipinski definition) is 1. The fraction of sp³-hybridized carbons (Fsp3) is 0.895. The second-order valence-electron chi connectivity index (χ2n) is 8.80. The van der Waals surface area contributed by atoms with Gasteiger partial charge in [-0.25, -0.2) is 4.79 Å². The van der Waals surface area contributed by atoms with Crippen molar-refractivity contribution in [3.8, 4) is 0 Å². The summed E-state index contributed by atoms with van der Waals surface area (Å²) in [4.78, 5) is 26.2. The van der Waals surface area contributed by atoms with Gasteiger partial charge < -0.3 is 15.0 Å². The molecule has 0 spiro atoms. The van der Waals surface area contributed by atoms with E-state index in [9.17, 15) is 9.59 Å². The number of carbonyl (C=O) groups excluding carboxylic acids is 2. The van der Waals surface area contributed by atoms with E-state index in [0.29, 0.717) is 23.7 Å². The van der Waals surface area contributed by atoms with Crippen molar-refractivity contribution in [2.75, 3.05) is 19.6 Å². The SMILES string of the molecule is CC(C)(C)OC(=O)N1CCCC(CCNC(=O)C2C3CCCC32)C1.